The molecule has 1 N–H and O–H groups in total. The van der Waals surface area contributed by atoms with Crippen LogP contribution < -0.4 is 10.2 Å². The molecule has 0 aliphatic heterocycles. The molecule has 148 valence electrons. The number of carbonyl (C=O) groups excluding carboxylic acids is 1. The van der Waals surface area contributed by atoms with Crippen LogP contribution in [0.4, 0.5) is 11.7 Å². The van der Waals surface area contributed by atoms with E-state index in [0.717, 1.165) is 4.31 Å². The number of rotatable bonds is 5. The number of hydrogen-bond donors (Lipinski definition) is 1. The van der Waals surface area contributed by atoms with Crippen molar-refractivity contribution in [2.45, 2.75) is 4.90 Å². The molecule has 0 atom stereocenters. The quantitative estimate of drug-likeness (QED) is 0.678. The molecule has 2 aromatic carbocycles. The van der Waals surface area contributed by atoms with Crippen molar-refractivity contribution in [1.29, 1.82) is 0 Å². The first-order chi connectivity index (χ1) is 13.1. The Labute approximate surface area is 167 Å². The lowest BCUT2D eigenvalue weighted by Crippen LogP contribution is -2.23. The van der Waals surface area contributed by atoms with Gasteiger partial charge in [-0.2, -0.15) is 4.98 Å². The third-order valence-corrected chi connectivity index (χ3v) is 6.27. The van der Waals surface area contributed by atoms with Crippen LogP contribution in [0.25, 0.3) is 11.1 Å². The van der Waals surface area contributed by atoms with E-state index in [0.29, 0.717) is 22.8 Å². The summed E-state index contributed by atoms with van der Waals surface area (Å²) in [6, 6.07) is 9.62. The van der Waals surface area contributed by atoms with E-state index in [1.165, 1.54) is 32.3 Å². The largest absolute Gasteiger partial charge is 0.423 e. The molecule has 0 spiro atoms. The van der Waals surface area contributed by atoms with Gasteiger partial charge in [-0.15, -0.1) is 0 Å². The second-order valence-corrected chi connectivity index (χ2v) is 8.99. The van der Waals surface area contributed by atoms with Gasteiger partial charge in [-0.3, -0.25) is 4.79 Å². The van der Waals surface area contributed by atoms with Gasteiger partial charge >= 0.3 is 0 Å². The van der Waals surface area contributed by atoms with Crippen LogP contribution in [0.3, 0.4) is 0 Å². The maximum Gasteiger partial charge on any atom is 0.297 e. The van der Waals surface area contributed by atoms with Crippen LogP contribution in [0.15, 0.2) is 45.7 Å². The van der Waals surface area contributed by atoms with E-state index in [9.17, 15) is 13.2 Å². The Morgan fingerprint density at radius 1 is 1.11 bits per heavy atom. The van der Waals surface area contributed by atoms with E-state index < -0.39 is 15.9 Å². The number of aromatic nitrogens is 1. The third kappa shape index (κ3) is 3.82. The van der Waals surface area contributed by atoms with Gasteiger partial charge in [-0.05, 0) is 36.4 Å². The highest BCUT2D eigenvalue weighted by molar-refractivity contribution is 7.89. The molecule has 1 heterocycles. The Bertz CT molecular complexity index is 1160. The van der Waals surface area contributed by atoms with Crippen LogP contribution >= 0.6 is 11.6 Å². The molecule has 1 aromatic heterocycles. The van der Waals surface area contributed by atoms with Gasteiger partial charge in [-0.1, -0.05) is 11.6 Å². The van der Waals surface area contributed by atoms with Gasteiger partial charge in [-0.25, -0.2) is 12.7 Å². The van der Waals surface area contributed by atoms with Crippen LogP contribution in [-0.2, 0) is 10.0 Å². The zero-order valence-corrected chi connectivity index (χ0v) is 17.3. The van der Waals surface area contributed by atoms with E-state index in [1.54, 1.807) is 23.1 Å². The van der Waals surface area contributed by atoms with E-state index >= 15 is 0 Å². The number of amides is 1. The maximum absolute atomic E-state index is 12.6. The number of benzene rings is 2. The van der Waals surface area contributed by atoms with Crippen molar-refractivity contribution in [2.24, 2.45) is 0 Å². The fourth-order valence-electron chi connectivity index (χ4n) is 2.43. The number of sulfonamides is 1. The van der Waals surface area contributed by atoms with Gasteiger partial charge in [0, 0.05) is 39.4 Å². The Hall–Kier alpha value is -2.62. The predicted octanol–water partition coefficient (Wildman–Crippen LogP) is 3.05. The van der Waals surface area contributed by atoms with Crippen molar-refractivity contribution >= 4 is 50.3 Å². The van der Waals surface area contributed by atoms with E-state index in [1.807, 2.05) is 14.1 Å². The molecular weight excluding hydrogens is 404 g/mol. The zero-order chi connectivity index (χ0) is 20.6. The van der Waals surface area contributed by atoms with Gasteiger partial charge in [0.05, 0.1) is 5.02 Å². The number of oxazole rings is 1. The van der Waals surface area contributed by atoms with E-state index in [4.69, 9.17) is 16.0 Å². The predicted molar refractivity (Wildman–Crippen MR) is 109 cm³/mol. The highest BCUT2D eigenvalue weighted by Crippen LogP contribution is 2.26. The number of nitrogens with one attached hydrogen (secondary N) is 1. The highest BCUT2D eigenvalue weighted by atomic mass is 35.5. The highest BCUT2D eigenvalue weighted by Gasteiger charge is 2.22. The standard InChI is InChI=1S/C18H19ClN4O4S/c1-22(2)18-21-14-10-12(6-8-15(14)27-18)20-17(24)11-5-7-13(19)16(9-11)28(25,26)23(3)4/h5-10H,1-4H3,(H,20,24). The van der Waals surface area contributed by atoms with Crippen molar-refractivity contribution < 1.29 is 17.6 Å². The minimum Gasteiger partial charge on any atom is -0.423 e. The Balaban J connectivity index is 1.90. The second kappa shape index (κ2) is 7.42. The molecule has 0 saturated heterocycles. The fraction of sp³-hybridized carbons (Fsp3) is 0.222. The average Bonchev–Trinajstić information content (AvgIpc) is 3.05. The van der Waals surface area contributed by atoms with Crippen molar-refractivity contribution in [1.82, 2.24) is 9.29 Å². The number of anilines is 2. The van der Waals surface area contributed by atoms with Crippen molar-refractivity contribution in [2.75, 3.05) is 38.4 Å². The lowest BCUT2D eigenvalue weighted by atomic mass is 10.2. The molecule has 0 radical (unpaired) electrons. The minimum atomic E-state index is -3.78. The molecule has 0 aliphatic rings. The van der Waals surface area contributed by atoms with Crippen molar-refractivity contribution in [3.8, 4) is 0 Å². The molecule has 0 fully saturated rings. The normalized spacial score (nSPS) is 11.8. The number of halogens is 1. The molecule has 3 rings (SSSR count). The topological polar surface area (TPSA) is 95.8 Å². The monoisotopic (exact) mass is 422 g/mol. The van der Waals surface area contributed by atoms with Crippen LogP contribution in [-0.4, -0.2) is 51.8 Å². The average molecular weight is 423 g/mol. The molecule has 3 aromatic rings. The molecule has 28 heavy (non-hydrogen) atoms. The molecule has 1 amide bonds. The number of hydrogen-bond acceptors (Lipinski definition) is 6. The van der Waals surface area contributed by atoms with Crippen LogP contribution in [0.2, 0.25) is 5.02 Å². The first-order valence-corrected chi connectivity index (χ1v) is 10.0. The summed E-state index contributed by atoms with van der Waals surface area (Å²) in [5, 5.41) is 2.78. The van der Waals surface area contributed by atoms with E-state index in [2.05, 4.69) is 10.3 Å². The van der Waals surface area contributed by atoms with Crippen molar-refractivity contribution in [3.05, 3.63) is 47.0 Å². The fourth-order valence-corrected chi connectivity index (χ4v) is 3.82. The molecule has 8 nitrogen and oxygen atoms in total. The summed E-state index contributed by atoms with van der Waals surface area (Å²) in [4.78, 5) is 18.5. The lowest BCUT2D eigenvalue weighted by Gasteiger charge is -2.14. The summed E-state index contributed by atoms with van der Waals surface area (Å²) >= 11 is 6.02. The Morgan fingerprint density at radius 3 is 2.46 bits per heavy atom. The van der Waals surface area contributed by atoms with Crippen LogP contribution in [0.1, 0.15) is 10.4 Å². The molecule has 10 heteroatoms. The van der Waals surface area contributed by atoms with Gasteiger partial charge in [0.15, 0.2) is 5.58 Å². The Morgan fingerprint density at radius 2 is 1.82 bits per heavy atom. The van der Waals surface area contributed by atoms with Gasteiger partial charge < -0.3 is 14.6 Å². The zero-order valence-electron chi connectivity index (χ0n) is 15.7. The van der Waals surface area contributed by atoms with Gasteiger partial charge in [0.25, 0.3) is 11.9 Å². The summed E-state index contributed by atoms with van der Waals surface area (Å²) in [5.41, 5.74) is 1.85. The first kappa shape index (κ1) is 20.1. The number of carbonyl (C=O) groups is 1. The maximum atomic E-state index is 12.6. The summed E-state index contributed by atoms with van der Waals surface area (Å²) in [7, 11) is 2.64. The Kier molecular flexibility index (Phi) is 5.33. The second-order valence-electron chi connectivity index (χ2n) is 6.46. The van der Waals surface area contributed by atoms with E-state index in [-0.39, 0.29) is 15.5 Å². The SMILES string of the molecule is CN(C)c1nc2cc(NC(=O)c3ccc(Cl)c(S(=O)(=O)N(C)C)c3)ccc2o1. The number of nitrogens with zero attached hydrogens (tertiary/aromatic N) is 3. The molecule has 0 unspecified atom stereocenters. The van der Waals surface area contributed by atoms with Crippen LogP contribution in [0.5, 0.6) is 0 Å². The summed E-state index contributed by atoms with van der Waals surface area (Å²) < 4.78 is 31.4. The lowest BCUT2D eigenvalue weighted by molar-refractivity contribution is 0.102. The van der Waals surface area contributed by atoms with Gasteiger partial charge in [0.2, 0.25) is 10.0 Å². The first-order valence-electron chi connectivity index (χ1n) is 8.21. The van der Waals surface area contributed by atoms with Crippen LogP contribution in [0, 0.1) is 0 Å². The minimum absolute atomic E-state index is 0.0467. The van der Waals surface area contributed by atoms with Crippen molar-refractivity contribution in [3.63, 3.8) is 0 Å². The summed E-state index contributed by atoms with van der Waals surface area (Å²) in [6.07, 6.45) is 0. The molecular formula is C18H19ClN4O4S. The molecule has 0 aliphatic carbocycles. The number of fused-ring (bicyclic) bond motifs is 1. The van der Waals surface area contributed by atoms with Gasteiger partial charge in [0.1, 0.15) is 10.4 Å². The summed E-state index contributed by atoms with van der Waals surface area (Å²) in [6.45, 7) is 0. The third-order valence-electron chi connectivity index (χ3n) is 3.97. The molecule has 0 bridgehead atoms. The molecule has 0 saturated carbocycles. The summed E-state index contributed by atoms with van der Waals surface area (Å²) in [5.74, 6) is -0.470. The smallest absolute Gasteiger partial charge is 0.297 e.